The molecule has 0 aromatic carbocycles. The van der Waals surface area contributed by atoms with Crippen molar-refractivity contribution in [2.75, 3.05) is 19.7 Å². The van der Waals surface area contributed by atoms with Crippen LogP contribution in [0.2, 0.25) is 0 Å². The van der Waals surface area contributed by atoms with Crippen LogP contribution in [0.3, 0.4) is 0 Å². The van der Waals surface area contributed by atoms with Crippen LogP contribution in [0.5, 0.6) is 0 Å². The van der Waals surface area contributed by atoms with Crippen LogP contribution in [0.25, 0.3) is 0 Å². The predicted octanol–water partition coefficient (Wildman–Crippen LogP) is 1.14. The Labute approximate surface area is 167 Å². The molecule has 0 unspecified atom stereocenters. The molecular weight excluding hydrogens is 382 g/mol. The predicted molar refractivity (Wildman–Crippen MR) is 101 cm³/mol. The van der Waals surface area contributed by atoms with Crippen LogP contribution >= 0.6 is 11.3 Å². The van der Waals surface area contributed by atoms with Crippen LogP contribution in [0, 0.1) is 6.92 Å². The summed E-state index contributed by atoms with van der Waals surface area (Å²) >= 11 is 1.37. The zero-order valence-electron chi connectivity index (χ0n) is 16.1. The Balaban J connectivity index is 1.41. The van der Waals surface area contributed by atoms with Gasteiger partial charge in [-0.2, -0.15) is 0 Å². The number of thiazole rings is 1. The Morgan fingerprint density at radius 3 is 2.82 bits per heavy atom. The topological polar surface area (TPSA) is 114 Å². The molecule has 0 bridgehead atoms. The zero-order valence-corrected chi connectivity index (χ0v) is 16.9. The van der Waals surface area contributed by atoms with Gasteiger partial charge >= 0.3 is 0 Å². The fourth-order valence-electron chi connectivity index (χ4n) is 4.14. The fourth-order valence-corrected chi connectivity index (χ4v) is 4.67. The second kappa shape index (κ2) is 7.51. The van der Waals surface area contributed by atoms with Gasteiger partial charge < -0.3 is 19.6 Å². The van der Waals surface area contributed by atoms with E-state index in [2.05, 4.69) is 25.4 Å². The molecule has 1 amide bonds. The van der Waals surface area contributed by atoms with Gasteiger partial charge in [0.15, 0.2) is 0 Å². The molecule has 28 heavy (non-hydrogen) atoms. The summed E-state index contributed by atoms with van der Waals surface area (Å²) in [4.78, 5) is 18.8. The SMILES string of the molecule is Cc1nnc(CN2CCC3(CC2)OCC[C@](C)(NC(=O)c2cscn2)[C@H]3O)o1. The minimum absolute atomic E-state index is 0.260. The molecule has 2 fully saturated rings. The minimum atomic E-state index is -0.802. The third kappa shape index (κ3) is 3.69. The highest BCUT2D eigenvalue weighted by molar-refractivity contribution is 7.07. The molecule has 2 saturated heterocycles. The molecule has 2 atom stereocenters. The number of aliphatic hydroxyl groups is 1. The van der Waals surface area contributed by atoms with Gasteiger partial charge in [-0.1, -0.05) is 0 Å². The summed E-state index contributed by atoms with van der Waals surface area (Å²) in [7, 11) is 0. The zero-order chi connectivity index (χ0) is 19.8. The van der Waals surface area contributed by atoms with E-state index in [1.807, 2.05) is 6.92 Å². The third-order valence-electron chi connectivity index (χ3n) is 5.81. The standard InChI is InChI=1S/C18H25N5O4S/c1-12-21-22-14(27-12)9-23-6-3-18(4-7-23)16(25)17(2,5-8-26-18)20-15(24)13-10-28-11-19-13/h10-11,16,25H,3-9H2,1-2H3,(H,20,24)/t16-,17+/m1/s1. The number of aryl methyl sites for hydroxylation is 1. The van der Waals surface area contributed by atoms with Crippen molar-refractivity contribution >= 4 is 17.2 Å². The molecule has 2 aromatic rings. The molecule has 0 aliphatic carbocycles. The monoisotopic (exact) mass is 407 g/mol. The molecule has 4 rings (SSSR count). The first-order valence-electron chi connectivity index (χ1n) is 9.44. The summed E-state index contributed by atoms with van der Waals surface area (Å²) in [6.07, 6.45) is 1.09. The first-order valence-corrected chi connectivity index (χ1v) is 10.4. The lowest BCUT2D eigenvalue weighted by Gasteiger charge is -2.53. The number of amides is 1. The smallest absolute Gasteiger partial charge is 0.271 e. The maximum atomic E-state index is 12.5. The van der Waals surface area contributed by atoms with Crippen molar-refractivity contribution < 1.29 is 19.1 Å². The number of hydrogen-bond donors (Lipinski definition) is 2. The van der Waals surface area contributed by atoms with Gasteiger partial charge in [0.05, 0.1) is 23.2 Å². The van der Waals surface area contributed by atoms with Gasteiger partial charge in [-0.25, -0.2) is 4.98 Å². The number of piperidine rings is 1. The number of nitrogens with zero attached hydrogens (tertiary/aromatic N) is 4. The molecule has 152 valence electrons. The van der Waals surface area contributed by atoms with Crippen LogP contribution in [-0.4, -0.2) is 68.0 Å². The second-order valence-corrected chi connectivity index (χ2v) is 8.52. The van der Waals surface area contributed by atoms with Gasteiger partial charge in [-0.15, -0.1) is 21.5 Å². The second-order valence-electron chi connectivity index (χ2n) is 7.80. The molecule has 2 aromatic heterocycles. The van der Waals surface area contributed by atoms with Gasteiger partial charge in [0.1, 0.15) is 11.8 Å². The molecule has 0 radical (unpaired) electrons. The van der Waals surface area contributed by atoms with Crippen molar-refractivity contribution in [2.45, 2.75) is 56.9 Å². The van der Waals surface area contributed by atoms with Gasteiger partial charge in [-0.3, -0.25) is 9.69 Å². The Morgan fingerprint density at radius 2 is 2.18 bits per heavy atom. The number of nitrogens with one attached hydrogen (secondary N) is 1. The number of carbonyl (C=O) groups is 1. The molecule has 10 heteroatoms. The molecule has 2 aliphatic rings. The van der Waals surface area contributed by atoms with Gasteiger partial charge in [-0.05, 0) is 26.2 Å². The molecule has 2 N–H and O–H groups in total. The van der Waals surface area contributed by atoms with Crippen LogP contribution in [-0.2, 0) is 11.3 Å². The number of ether oxygens (including phenoxy) is 1. The van der Waals surface area contributed by atoms with E-state index < -0.39 is 17.2 Å². The van der Waals surface area contributed by atoms with Crippen LogP contribution < -0.4 is 5.32 Å². The summed E-state index contributed by atoms with van der Waals surface area (Å²) in [5.41, 5.74) is 0.581. The van der Waals surface area contributed by atoms with Crippen molar-refractivity contribution in [1.82, 2.24) is 25.4 Å². The summed E-state index contributed by atoms with van der Waals surface area (Å²) in [6, 6.07) is 0. The summed E-state index contributed by atoms with van der Waals surface area (Å²) in [6.45, 7) is 6.23. The van der Waals surface area contributed by atoms with E-state index in [0.717, 1.165) is 13.1 Å². The highest BCUT2D eigenvalue weighted by atomic mass is 32.1. The highest BCUT2D eigenvalue weighted by Gasteiger charge is 2.53. The van der Waals surface area contributed by atoms with Gasteiger partial charge in [0, 0.05) is 32.0 Å². The Hall–Kier alpha value is -1.88. The molecular formula is C18H25N5O4S. The maximum absolute atomic E-state index is 12.5. The van der Waals surface area contributed by atoms with E-state index >= 15 is 0 Å². The summed E-state index contributed by atoms with van der Waals surface area (Å²) in [5, 5.41) is 23.8. The number of aromatic nitrogens is 3. The van der Waals surface area contributed by atoms with Crippen molar-refractivity contribution in [3.05, 3.63) is 28.4 Å². The number of likely N-dealkylation sites (tertiary alicyclic amines) is 1. The summed E-state index contributed by atoms with van der Waals surface area (Å²) in [5.74, 6) is 0.893. The number of aliphatic hydroxyl groups excluding tert-OH is 1. The largest absolute Gasteiger partial charge is 0.424 e. The number of carbonyl (C=O) groups excluding carboxylic acids is 1. The van der Waals surface area contributed by atoms with E-state index in [1.165, 1.54) is 11.3 Å². The van der Waals surface area contributed by atoms with E-state index in [4.69, 9.17) is 9.15 Å². The Kier molecular flexibility index (Phi) is 5.21. The number of rotatable bonds is 4. The van der Waals surface area contributed by atoms with E-state index in [9.17, 15) is 9.90 Å². The van der Waals surface area contributed by atoms with Crippen LogP contribution in [0.4, 0.5) is 0 Å². The van der Waals surface area contributed by atoms with E-state index in [1.54, 1.807) is 17.8 Å². The Morgan fingerprint density at radius 1 is 1.39 bits per heavy atom. The normalized spacial score (nSPS) is 27.8. The van der Waals surface area contributed by atoms with E-state index in [0.29, 0.717) is 49.9 Å². The molecule has 9 nitrogen and oxygen atoms in total. The molecule has 2 aliphatic heterocycles. The quantitative estimate of drug-likeness (QED) is 0.776. The average molecular weight is 407 g/mol. The average Bonchev–Trinajstić information content (AvgIpc) is 3.34. The summed E-state index contributed by atoms with van der Waals surface area (Å²) < 4.78 is 11.6. The fraction of sp³-hybridized carbons (Fsp3) is 0.667. The lowest BCUT2D eigenvalue weighted by molar-refractivity contribution is -0.206. The van der Waals surface area contributed by atoms with E-state index in [-0.39, 0.29) is 5.91 Å². The van der Waals surface area contributed by atoms with Crippen molar-refractivity contribution in [1.29, 1.82) is 0 Å². The molecule has 1 spiro atoms. The lowest BCUT2D eigenvalue weighted by atomic mass is 9.73. The first-order chi connectivity index (χ1) is 13.4. The minimum Gasteiger partial charge on any atom is -0.424 e. The number of hydrogen-bond acceptors (Lipinski definition) is 9. The molecule has 4 heterocycles. The van der Waals surface area contributed by atoms with Crippen LogP contribution in [0.15, 0.2) is 15.3 Å². The maximum Gasteiger partial charge on any atom is 0.271 e. The van der Waals surface area contributed by atoms with Crippen molar-refractivity contribution in [3.63, 3.8) is 0 Å². The Bertz CT molecular complexity index is 818. The van der Waals surface area contributed by atoms with Gasteiger partial charge in [0.2, 0.25) is 11.8 Å². The van der Waals surface area contributed by atoms with Crippen LogP contribution in [0.1, 0.15) is 48.5 Å². The first kappa shape index (κ1) is 19.4. The molecule has 0 saturated carbocycles. The van der Waals surface area contributed by atoms with Crippen molar-refractivity contribution in [2.24, 2.45) is 0 Å². The third-order valence-corrected chi connectivity index (χ3v) is 6.39. The highest BCUT2D eigenvalue weighted by Crippen LogP contribution is 2.40. The van der Waals surface area contributed by atoms with Gasteiger partial charge in [0.25, 0.3) is 5.91 Å². The lowest BCUT2D eigenvalue weighted by Crippen LogP contribution is -2.69. The van der Waals surface area contributed by atoms with Crippen molar-refractivity contribution in [3.8, 4) is 0 Å².